The van der Waals surface area contributed by atoms with Gasteiger partial charge in [-0.3, -0.25) is 4.79 Å². The van der Waals surface area contributed by atoms with Gasteiger partial charge in [0.2, 0.25) is 0 Å². The third kappa shape index (κ3) is 3.13. The number of carbonyl (C=O) groups excluding carboxylic acids is 1. The van der Waals surface area contributed by atoms with E-state index in [1.165, 1.54) is 17.2 Å². The van der Waals surface area contributed by atoms with Crippen molar-refractivity contribution in [2.24, 2.45) is 0 Å². The van der Waals surface area contributed by atoms with E-state index in [-0.39, 0.29) is 11.4 Å². The summed E-state index contributed by atoms with van der Waals surface area (Å²) in [5.74, 6) is -0.960. The summed E-state index contributed by atoms with van der Waals surface area (Å²) < 4.78 is 18.7. The number of aromatic nitrogens is 1. The van der Waals surface area contributed by atoms with Gasteiger partial charge in [-0.2, -0.15) is 0 Å². The minimum absolute atomic E-state index is 0.00273. The highest BCUT2D eigenvalue weighted by Crippen LogP contribution is 2.15. The number of carbonyl (C=O) groups is 1. The van der Waals surface area contributed by atoms with E-state index in [4.69, 9.17) is 4.74 Å². The first kappa shape index (κ1) is 13.4. The van der Waals surface area contributed by atoms with Crippen molar-refractivity contribution in [2.45, 2.75) is 0 Å². The Labute approximate surface area is 99.6 Å². The summed E-state index contributed by atoms with van der Waals surface area (Å²) in [6.07, 6.45) is 1.40. The molecule has 0 radical (unpaired) electrons. The van der Waals surface area contributed by atoms with Gasteiger partial charge in [0.25, 0.3) is 5.91 Å². The van der Waals surface area contributed by atoms with Gasteiger partial charge in [-0.05, 0) is 6.07 Å². The van der Waals surface area contributed by atoms with Gasteiger partial charge in [0.05, 0.1) is 12.2 Å². The number of pyridine rings is 1. The van der Waals surface area contributed by atoms with Crippen molar-refractivity contribution in [3.05, 3.63) is 23.6 Å². The van der Waals surface area contributed by atoms with E-state index in [0.29, 0.717) is 13.2 Å². The number of rotatable bonds is 5. The standard InChI is InChI=1S/C11H16FN3O2/c1-13-10-9(12)8(4-5-14-10)11(16)15(2)6-7-17-3/h4-5H,6-7H2,1-3H3,(H,13,14). The predicted octanol–water partition coefficient (Wildman–Crippen LogP) is 0.981. The van der Waals surface area contributed by atoms with Crippen molar-refractivity contribution < 1.29 is 13.9 Å². The van der Waals surface area contributed by atoms with Crippen LogP contribution in [0.15, 0.2) is 12.3 Å². The summed E-state index contributed by atoms with van der Waals surface area (Å²) >= 11 is 0. The fourth-order valence-electron chi connectivity index (χ4n) is 1.32. The Morgan fingerprint density at radius 1 is 1.65 bits per heavy atom. The molecule has 1 aromatic heterocycles. The first-order chi connectivity index (χ1) is 8.11. The Bertz CT molecular complexity index is 398. The number of anilines is 1. The average molecular weight is 241 g/mol. The Morgan fingerprint density at radius 3 is 2.94 bits per heavy atom. The van der Waals surface area contributed by atoms with E-state index < -0.39 is 11.7 Å². The molecule has 1 rings (SSSR count). The van der Waals surface area contributed by atoms with Gasteiger partial charge in [0.1, 0.15) is 0 Å². The van der Waals surface area contributed by atoms with Crippen molar-refractivity contribution >= 4 is 11.7 Å². The zero-order valence-corrected chi connectivity index (χ0v) is 10.2. The maximum atomic E-state index is 13.8. The highest BCUT2D eigenvalue weighted by Gasteiger charge is 2.18. The SMILES string of the molecule is CNc1nccc(C(=O)N(C)CCOC)c1F. The zero-order valence-electron chi connectivity index (χ0n) is 10.2. The molecule has 0 aliphatic heterocycles. The lowest BCUT2D eigenvalue weighted by Crippen LogP contribution is -2.30. The van der Waals surface area contributed by atoms with Crippen LogP contribution in [0.1, 0.15) is 10.4 Å². The van der Waals surface area contributed by atoms with E-state index in [9.17, 15) is 9.18 Å². The molecule has 0 aromatic carbocycles. The molecule has 0 aliphatic carbocycles. The number of hydrogen-bond donors (Lipinski definition) is 1. The molecule has 1 N–H and O–H groups in total. The van der Waals surface area contributed by atoms with Gasteiger partial charge in [-0.1, -0.05) is 0 Å². The number of nitrogens with one attached hydrogen (secondary N) is 1. The van der Waals surface area contributed by atoms with Crippen LogP contribution in [0.5, 0.6) is 0 Å². The molecular formula is C11H16FN3O2. The van der Waals surface area contributed by atoms with Crippen LogP contribution >= 0.6 is 0 Å². The minimum Gasteiger partial charge on any atom is -0.383 e. The highest BCUT2D eigenvalue weighted by molar-refractivity contribution is 5.95. The number of amides is 1. The van der Waals surface area contributed by atoms with Crippen molar-refractivity contribution in [3.63, 3.8) is 0 Å². The molecule has 0 saturated carbocycles. The summed E-state index contributed by atoms with van der Waals surface area (Å²) in [5, 5.41) is 2.59. The minimum atomic E-state index is -0.635. The highest BCUT2D eigenvalue weighted by atomic mass is 19.1. The molecule has 1 aromatic rings. The molecule has 0 atom stereocenters. The molecule has 0 bridgehead atoms. The Balaban J connectivity index is 2.88. The maximum absolute atomic E-state index is 13.8. The summed E-state index contributed by atoms with van der Waals surface area (Å²) in [4.78, 5) is 17.1. The van der Waals surface area contributed by atoms with Crippen molar-refractivity contribution in [2.75, 3.05) is 39.7 Å². The molecule has 0 fully saturated rings. The van der Waals surface area contributed by atoms with Crippen LogP contribution in [0.2, 0.25) is 0 Å². The fraction of sp³-hybridized carbons (Fsp3) is 0.455. The van der Waals surface area contributed by atoms with E-state index in [1.807, 2.05) is 0 Å². The first-order valence-electron chi connectivity index (χ1n) is 5.18. The van der Waals surface area contributed by atoms with Gasteiger partial charge in [0, 0.05) is 33.9 Å². The summed E-state index contributed by atoms with van der Waals surface area (Å²) in [6, 6.07) is 1.36. The van der Waals surface area contributed by atoms with Crippen LogP contribution < -0.4 is 5.32 Å². The second-order valence-corrected chi connectivity index (χ2v) is 3.49. The molecule has 5 nitrogen and oxygen atoms in total. The summed E-state index contributed by atoms with van der Waals surface area (Å²) in [7, 11) is 4.69. The average Bonchev–Trinajstić information content (AvgIpc) is 2.35. The summed E-state index contributed by atoms with van der Waals surface area (Å²) in [5.41, 5.74) is 0.00273. The number of likely N-dealkylation sites (N-methyl/N-ethyl adjacent to an activating group) is 1. The van der Waals surface area contributed by atoms with E-state index in [2.05, 4.69) is 10.3 Å². The van der Waals surface area contributed by atoms with Crippen LogP contribution in [0, 0.1) is 5.82 Å². The number of ether oxygens (including phenoxy) is 1. The number of halogens is 1. The van der Waals surface area contributed by atoms with Gasteiger partial charge < -0.3 is 15.0 Å². The molecule has 0 aliphatic rings. The number of hydrogen-bond acceptors (Lipinski definition) is 4. The third-order valence-electron chi connectivity index (χ3n) is 2.33. The predicted molar refractivity (Wildman–Crippen MR) is 62.6 cm³/mol. The van der Waals surface area contributed by atoms with E-state index in [0.717, 1.165) is 0 Å². The van der Waals surface area contributed by atoms with Crippen LogP contribution in [-0.4, -0.2) is 50.1 Å². The van der Waals surface area contributed by atoms with Crippen molar-refractivity contribution in [1.29, 1.82) is 0 Å². The topological polar surface area (TPSA) is 54.5 Å². The van der Waals surface area contributed by atoms with Crippen molar-refractivity contribution in [1.82, 2.24) is 9.88 Å². The third-order valence-corrected chi connectivity index (χ3v) is 2.33. The van der Waals surface area contributed by atoms with Crippen LogP contribution in [0.4, 0.5) is 10.2 Å². The molecule has 0 saturated heterocycles. The molecule has 0 unspecified atom stereocenters. The molecule has 6 heteroatoms. The molecular weight excluding hydrogens is 225 g/mol. The molecule has 1 heterocycles. The molecule has 17 heavy (non-hydrogen) atoms. The second-order valence-electron chi connectivity index (χ2n) is 3.49. The number of methoxy groups -OCH3 is 1. The lowest BCUT2D eigenvalue weighted by Gasteiger charge is -2.17. The van der Waals surface area contributed by atoms with Crippen molar-refractivity contribution in [3.8, 4) is 0 Å². The zero-order chi connectivity index (χ0) is 12.8. The fourth-order valence-corrected chi connectivity index (χ4v) is 1.32. The Hall–Kier alpha value is -1.69. The van der Waals surface area contributed by atoms with E-state index in [1.54, 1.807) is 21.2 Å². The molecule has 0 spiro atoms. The Kier molecular flexibility index (Phi) is 4.84. The van der Waals surface area contributed by atoms with Crippen LogP contribution in [0.25, 0.3) is 0 Å². The van der Waals surface area contributed by atoms with Gasteiger partial charge >= 0.3 is 0 Å². The second kappa shape index (κ2) is 6.15. The van der Waals surface area contributed by atoms with Gasteiger partial charge in [0.15, 0.2) is 11.6 Å². The van der Waals surface area contributed by atoms with Gasteiger partial charge in [-0.25, -0.2) is 9.37 Å². The summed E-state index contributed by atoms with van der Waals surface area (Å²) in [6.45, 7) is 0.819. The van der Waals surface area contributed by atoms with Gasteiger partial charge in [-0.15, -0.1) is 0 Å². The molecule has 1 amide bonds. The lowest BCUT2D eigenvalue weighted by molar-refractivity contribution is 0.0739. The Morgan fingerprint density at radius 2 is 2.35 bits per heavy atom. The van der Waals surface area contributed by atoms with Crippen LogP contribution in [-0.2, 0) is 4.74 Å². The quantitative estimate of drug-likeness (QED) is 0.835. The first-order valence-corrected chi connectivity index (χ1v) is 5.18. The van der Waals surface area contributed by atoms with Crippen LogP contribution in [0.3, 0.4) is 0 Å². The monoisotopic (exact) mass is 241 g/mol. The normalized spacial score (nSPS) is 10.1. The molecule has 94 valence electrons. The maximum Gasteiger partial charge on any atom is 0.256 e. The smallest absolute Gasteiger partial charge is 0.256 e. The largest absolute Gasteiger partial charge is 0.383 e. The van der Waals surface area contributed by atoms with E-state index >= 15 is 0 Å². The lowest BCUT2D eigenvalue weighted by atomic mass is 10.2. The number of nitrogens with zero attached hydrogens (tertiary/aromatic N) is 2.